The Labute approximate surface area is 274 Å². The van der Waals surface area contributed by atoms with E-state index < -0.39 is 5.54 Å². The number of nitrogens with one attached hydrogen (secondary N) is 2. The number of nitrogens with zero attached hydrogens (tertiary/aromatic N) is 2. The van der Waals surface area contributed by atoms with Gasteiger partial charge in [0.25, 0.3) is 0 Å². The molecule has 0 aromatic heterocycles. The molecule has 0 aliphatic carbocycles. The molecule has 0 radical (unpaired) electrons. The first-order valence-electron chi connectivity index (χ1n) is 16.4. The second-order valence-corrected chi connectivity index (χ2v) is 12.5. The van der Waals surface area contributed by atoms with Gasteiger partial charge in [0.15, 0.2) is 0 Å². The maximum atomic E-state index is 12.5. The van der Waals surface area contributed by atoms with Crippen LogP contribution in [0.15, 0.2) is 121 Å². The molecule has 0 unspecified atom stereocenters. The van der Waals surface area contributed by atoms with Gasteiger partial charge in [-0.2, -0.15) is 0 Å². The van der Waals surface area contributed by atoms with Crippen LogP contribution in [-0.2, 0) is 22.6 Å². The van der Waals surface area contributed by atoms with Crippen LogP contribution in [-0.4, -0.2) is 71.8 Å². The van der Waals surface area contributed by atoms with Gasteiger partial charge in [0.1, 0.15) is 5.54 Å². The number of hydrogen-bond donors (Lipinski definition) is 3. The van der Waals surface area contributed by atoms with Crippen LogP contribution in [0.1, 0.15) is 36.8 Å². The lowest BCUT2D eigenvalue weighted by Gasteiger charge is -2.42. The van der Waals surface area contributed by atoms with Gasteiger partial charge in [-0.3, -0.25) is 9.80 Å². The zero-order valence-corrected chi connectivity index (χ0v) is 27.0. The Morgan fingerprint density at radius 3 is 1.43 bits per heavy atom. The van der Waals surface area contributed by atoms with E-state index in [1.807, 2.05) is 54.6 Å². The number of carbonyl (C=O) groups excluding carboxylic acids is 1. The number of benzene rings is 4. The van der Waals surface area contributed by atoms with Crippen LogP contribution >= 0.6 is 0 Å². The summed E-state index contributed by atoms with van der Waals surface area (Å²) in [6, 6.07) is 41.1. The number of anilines is 2. The standard InChI is InChI=1S/C20H24N2O2.C19H24N2O/c1-24-19(23)20(21-18-10-6-3-7-11-18)12-14-22(15-13-20)16-17-8-4-2-5-9-17;22-16-19(20-18-9-5-2-6-10-18)11-13-21(14-12-19)15-17-7-3-1-4-8-17/h2-11,21H,12-16H2,1H3;1-10,20,22H,11-16H2. The minimum atomic E-state index is -0.636. The van der Waals surface area contributed by atoms with E-state index in [2.05, 4.69) is 87.2 Å². The van der Waals surface area contributed by atoms with Crippen molar-refractivity contribution in [3.63, 3.8) is 0 Å². The Balaban J connectivity index is 0.000000182. The molecule has 0 spiro atoms. The number of aliphatic hydroxyl groups is 1. The van der Waals surface area contributed by atoms with Gasteiger partial charge >= 0.3 is 5.97 Å². The minimum Gasteiger partial charge on any atom is -0.467 e. The fourth-order valence-electron chi connectivity index (χ4n) is 6.44. The SMILES string of the molecule is COC(=O)C1(Nc2ccccc2)CCN(Cc2ccccc2)CC1.OCC1(Nc2ccccc2)CCN(Cc2ccccc2)CC1. The molecule has 0 atom stereocenters. The Kier molecular flexibility index (Phi) is 11.8. The summed E-state index contributed by atoms with van der Waals surface area (Å²) >= 11 is 0. The number of hydrogen-bond acceptors (Lipinski definition) is 7. The third-order valence-electron chi connectivity index (χ3n) is 9.24. The van der Waals surface area contributed by atoms with Crippen molar-refractivity contribution in [2.75, 3.05) is 50.5 Å². The molecule has 7 heteroatoms. The summed E-state index contributed by atoms with van der Waals surface area (Å²) in [5.41, 5.74) is 3.89. The molecular weight excluding hydrogens is 572 g/mol. The summed E-state index contributed by atoms with van der Waals surface area (Å²) in [4.78, 5) is 17.3. The van der Waals surface area contributed by atoms with Gasteiger partial charge in [-0.1, -0.05) is 97.1 Å². The molecule has 0 bridgehead atoms. The minimum absolute atomic E-state index is 0.175. The van der Waals surface area contributed by atoms with E-state index in [9.17, 15) is 9.90 Å². The third-order valence-corrected chi connectivity index (χ3v) is 9.24. The highest BCUT2D eigenvalue weighted by atomic mass is 16.5. The predicted octanol–water partition coefficient (Wildman–Crippen LogP) is 6.43. The number of piperidine rings is 2. The number of carbonyl (C=O) groups is 1. The van der Waals surface area contributed by atoms with Gasteiger partial charge in [-0.25, -0.2) is 4.79 Å². The Morgan fingerprint density at radius 2 is 1.02 bits per heavy atom. The lowest BCUT2D eigenvalue weighted by molar-refractivity contribution is -0.147. The van der Waals surface area contributed by atoms with Crippen LogP contribution in [0, 0.1) is 0 Å². The highest BCUT2D eigenvalue weighted by molar-refractivity contribution is 5.84. The van der Waals surface area contributed by atoms with Crippen LogP contribution in [0.4, 0.5) is 11.4 Å². The number of esters is 1. The van der Waals surface area contributed by atoms with Crippen molar-refractivity contribution in [2.45, 2.75) is 49.9 Å². The monoisotopic (exact) mass is 620 g/mol. The third kappa shape index (κ3) is 9.19. The average molecular weight is 621 g/mol. The number of likely N-dealkylation sites (tertiary alicyclic amines) is 2. The van der Waals surface area contributed by atoms with Gasteiger partial charge < -0.3 is 20.5 Å². The summed E-state index contributed by atoms with van der Waals surface area (Å²) in [5, 5.41) is 16.9. The molecule has 7 nitrogen and oxygen atoms in total. The molecule has 3 N–H and O–H groups in total. The molecule has 46 heavy (non-hydrogen) atoms. The largest absolute Gasteiger partial charge is 0.467 e. The van der Waals surface area contributed by atoms with Crippen molar-refractivity contribution in [1.29, 1.82) is 0 Å². The maximum absolute atomic E-state index is 12.5. The summed E-state index contributed by atoms with van der Waals surface area (Å²) in [7, 11) is 1.47. The van der Waals surface area contributed by atoms with Crippen molar-refractivity contribution in [3.8, 4) is 0 Å². The Bertz CT molecular complexity index is 1440. The molecule has 0 amide bonds. The van der Waals surface area contributed by atoms with E-state index in [4.69, 9.17) is 4.74 Å². The number of methoxy groups -OCH3 is 1. The molecule has 2 saturated heterocycles. The van der Waals surface area contributed by atoms with Gasteiger partial charge in [0.2, 0.25) is 0 Å². The van der Waals surface area contributed by atoms with E-state index in [0.29, 0.717) is 0 Å². The summed E-state index contributed by atoms with van der Waals surface area (Å²) in [6.45, 7) is 5.84. The van der Waals surface area contributed by atoms with Crippen LogP contribution in [0.3, 0.4) is 0 Å². The van der Waals surface area contributed by atoms with Crippen LogP contribution in [0.2, 0.25) is 0 Å². The van der Waals surface area contributed by atoms with Gasteiger partial charge in [-0.15, -0.1) is 0 Å². The predicted molar refractivity (Wildman–Crippen MR) is 187 cm³/mol. The molecule has 6 rings (SSSR count). The zero-order chi connectivity index (χ0) is 32.1. The number of para-hydroxylation sites is 2. The first-order chi connectivity index (χ1) is 22.5. The molecule has 242 valence electrons. The van der Waals surface area contributed by atoms with Crippen LogP contribution < -0.4 is 10.6 Å². The van der Waals surface area contributed by atoms with E-state index >= 15 is 0 Å². The summed E-state index contributed by atoms with van der Waals surface area (Å²) in [6.07, 6.45) is 3.40. The molecular formula is C39H48N4O3. The molecule has 0 saturated carbocycles. The van der Waals surface area contributed by atoms with E-state index in [1.165, 1.54) is 18.2 Å². The second-order valence-electron chi connectivity index (χ2n) is 12.5. The van der Waals surface area contributed by atoms with Crippen LogP contribution in [0.5, 0.6) is 0 Å². The normalized spacial score (nSPS) is 17.6. The average Bonchev–Trinajstić information content (AvgIpc) is 3.12. The lowest BCUT2D eigenvalue weighted by atomic mass is 9.86. The Morgan fingerprint density at radius 1 is 0.630 bits per heavy atom. The lowest BCUT2D eigenvalue weighted by Crippen LogP contribution is -2.54. The van der Waals surface area contributed by atoms with Crippen molar-refractivity contribution < 1.29 is 14.6 Å². The van der Waals surface area contributed by atoms with E-state index in [0.717, 1.165) is 76.3 Å². The molecule has 2 aliphatic rings. The zero-order valence-electron chi connectivity index (χ0n) is 27.0. The number of aliphatic hydroxyl groups excluding tert-OH is 1. The van der Waals surface area contributed by atoms with Gasteiger partial charge in [0, 0.05) is 50.6 Å². The smallest absolute Gasteiger partial charge is 0.331 e. The molecule has 4 aromatic rings. The Hall–Kier alpha value is -4.17. The maximum Gasteiger partial charge on any atom is 0.331 e. The van der Waals surface area contributed by atoms with Crippen molar-refractivity contribution >= 4 is 17.3 Å². The number of ether oxygens (including phenoxy) is 1. The van der Waals surface area contributed by atoms with Crippen molar-refractivity contribution in [2.24, 2.45) is 0 Å². The van der Waals surface area contributed by atoms with Crippen molar-refractivity contribution in [1.82, 2.24) is 9.80 Å². The topological polar surface area (TPSA) is 77.1 Å². The fraction of sp³-hybridized carbons (Fsp3) is 0.359. The molecule has 2 heterocycles. The first-order valence-corrected chi connectivity index (χ1v) is 16.4. The van der Waals surface area contributed by atoms with E-state index in [-0.39, 0.29) is 18.1 Å². The van der Waals surface area contributed by atoms with Gasteiger partial charge in [-0.05, 0) is 61.1 Å². The summed E-state index contributed by atoms with van der Waals surface area (Å²) in [5.74, 6) is -0.175. The quantitative estimate of drug-likeness (QED) is 0.176. The van der Waals surface area contributed by atoms with E-state index in [1.54, 1.807) is 0 Å². The fourth-order valence-corrected chi connectivity index (χ4v) is 6.44. The van der Waals surface area contributed by atoms with Crippen molar-refractivity contribution in [3.05, 3.63) is 132 Å². The first kappa shape index (κ1) is 33.2. The number of rotatable bonds is 10. The highest BCUT2D eigenvalue weighted by Gasteiger charge is 2.42. The second kappa shape index (κ2) is 16.4. The van der Waals surface area contributed by atoms with Crippen LogP contribution in [0.25, 0.3) is 0 Å². The summed E-state index contributed by atoms with van der Waals surface area (Å²) < 4.78 is 5.10. The molecule has 2 aliphatic heterocycles. The highest BCUT2D eigenvalue weighted by Crippen LogP contribution is 2.30. The molecule has 2 fully saturated rings. The molecule has 4 aromatic carbocycles. The van der Waals surface area contributed by atoms with Gasteiger partial charge in [0.05, 0.1) is 19.3 Å².